The number of hydrogen-bond donors (Lipinski definition) is 0. The summed E-state index contributed by atoms with van der Waals surface area (Å²) in [6.45, 7) is 0. The Labute approximate surface area is 125 Å². The van der Waals surface area contributed by atoms with Crippen LogP contribution in [0.5, 0.6) is 0 Å². The van der Waals surface area contributed by atoms with Gasteiger partial charge >= 0.3 is 0 Å². The van der Waals surface area contributed by atoms with E-state index in [9.17, 15) is 4.79 Å². The van der Waals surface area contributed by atoms with Crippen molar-refractivity contribution < 1.29 is 4.79 Å². The number of pyridine rings is 2. The van der Waals surface area contributed by atoms with Crippen molar-refractivity contribution >= 4 is 39.9 Å². The van der Waals surface area contributed by atoms with E-state index in [-0.39, 0.29) is 5.78 Å². The van der Waals surface area contributed by atoms with Crippen LogP contribution in [0.4, 0.5) is 0 Å². The van der Waals surface area contributed by atoms with Crippen LogP contribution in [-0.4, -0.2) is 15.8 Å². The molecule has 0 bridgehead atoms. The molecule has 0 N–H and O–H groups in total. The number of carbonyl (C=O) groups is 1. The fraction of sp³-hybridized carbons (Fsp3) is 0. The molecule has 0 fully saturated rings. The lowest BCUT2D eigenvalue weighted by molar-refractivity contribution is 0.103. The van der Waals surface area contributed by atoms with Gasteiger partial charge in [-0.05, 0) is 30.3 Å². The third kappa shape index (κ3) is 2.26. The minimum absolute atomic E-state index is 0.184. The first-order valence-electron chi connectivity index (χ1n) is 5.86. The third-order valence-corrected chi connectivity index (χ3v) is 3.41. The van der Waals surface area contributed by atoms with E-state index >= 15 is 0 Å². The van der Waals surface area contributed by atoms with Crippen LogP contribution < -0.4 is 0 Å². The maximum atomic E-state index is 12.5. The molecule has 0 unspecified atom stereocenters. The predicted molar refractivity (Wildman–Crippen MR) is 79.4 cm³/mol. The Bertz CT molecular complexity index is 804. The van der Waals surface area contributed by atoms with Gasteiger partial charge in [0.15, 0.2) is 0 Å². The molecule has 0 aliphatic carbocycles. The first kappa shape index (κ1) is 13.0. The molecule has 0 aliphatic rings. The Hall–Kier alpha value is -1.97. The van der Waals surface area contributed by atoms with Crippen molar-refractivity contribution in [2.75, 3.05) is 0 Å². The number of ketones is 1. The van der Waals surface area contributed by atoms with Crippen molar-refractivity contribution in [1.29, 1.82) is 0 Å². The number of hydrogen-bond acceptors (Lipinski definition) is 3. The van der Waals surface area contributed by atoms with Crippen molar-refractivity contribution in [1.82, 2.24) is 9.97 Å². The van der Waals surface area contributed by atoms with E-state index in [1.54, 1.807) is 48.8 Å². The molecule has 20 heavy (non-hydrogen) atoms. The van der Waals surface area contributed by atoms with Crippen LogP contribution in [-0.2, 0) is 0 Å². The number of rotatable bonds is 2. The molecule has 3 rings (SSSR count). The quantitative estimate of drug-likeness (QED) is 0.667. The molecule has 0 aliphatic heterocycles. The molecule has 0 spiro atoms. The molecule has 0 atom stereocenters. The summed E-state index contributed by atoms with van der Waals surface area (Å²) in [6, 6.07) is 10.1. The summed E-state index contributed by atoms with van der Waals surface area (Å²) in [6.07, 6.45) is 3.13. The highest BCUT2D eigenvalue weighted by atomic mass is 35.5. The SMILES string of the molecule is O=C(c1ccccn1)c1ccnc2c(Cl)cc(Cl)cc12. The number of aromatic nitrogens is 2. The van der Waals surface area contributed by atoms with Gasteiger partial charge in [-0.1, -0.05) is 29.3 Å². The summed E-state index contributed by atoms with van der Waals surface area (Å²) >= 11 is 12.1. The summed E-state index contributed by atoms with van der Waals surface area (Å²) in [5, 5.41) is 1.51. The van der Waals surface area contributed by atoms with Gasteiger partial charge in [-0.25, -0.2) is 0 Å². The lowest BCUT2D eigenvalue weighted by atomic mass is 10.0. The maximum Gasteiger partial charge on any atom is 0.212 e. The molecule has 0 amide bonds. The molecule has 3 nitrogen and oxygen atoms in total. The van der Waals surface area contributed by atoms with E-state index in [0.29, 0.717) is 32.2 Å². The fourth-order valence-electron chi connectivity index (χ4n) is 2.01. The molecular weight excluding hydrogens is 295 g/mol. The third-order valence-electron chi connectivity index (χ3n) is 2.91. The zero-order valence-corrected chi connectivity index (χ0v) is 11.7. The molecule has 5 heteroatoms. The normalized spacial score (nSPS) is 10.7. The summed E-state index contributed by atoms with van der Waals surface area (Å²) in [4.78, 5) is 20.8. The number of fused-ring (bicyclic) bond motifs is 1. The Morgan fingerprint density at radius 3 is 2.60 bits per heavy atom. The second-order valence-electron chi connectivity index (χ2n) is 4.19. The zero-order valence-electron chi connectivity index (χ0n) is 10.2. The van der Waals surface area contributed by atoms with E-state index < -0.39 is 0 Å². The van der Waals surface area contributed by atoms with Crippen LogP contribution in [0.3, 0.4) is 0 Å². The van der Waals surface area contributed by atoms with E-state index in [4.69, 9.17) is 23.2 Å². The van der Waals surface area contributed by atoms with Gasteiger partial charge in [0.05, 0.1) is 10.5 Å². The van der Waals surface area contributed by atoms with E-state index in [2.05, 4.69) is 9.97 Å². The lowest BCUT2D eigenvalue weighted by Crippen LogP contribution is -2.04. The highest BCUT2D eigenvalue weighted by Gasteiger charge is 2.15. The van der Waals surface area contributed by atoms with E-state index in [1.165, 1.54) is 0 Å². The van der Waals surface area contributed by atoms with Gasteiger partial charge in [0.1, 0.15) is 5.69 Å². The molecule has 0 saturated carbocycles. The average Bonchev–Trinajstić information content (AvgIpc) is 2.47. The van der Waals surface area contributed by atoms with Crippen LogP contribution in [0.1, 0.15) is 16.1 Å². The molecule has 2 heterocycles. The van der Waals surface area contributed by atoms with Gasteiger partial charge in [-0.15, -0.1) is 0 Å². The van der Waals surface area contributed by atoms with Crippen molar-refractivity contribution in [2.45, 2.75) is 0 Å². The van der Waals surface area contributed by atoms with Crippen LogP contribution in [0.15, 0.2) is 48.8 Å². The summed E-state index contributed by atoms with van der Waals surface area (Å²) in [5.41, 5.74) is 1.41. The minimum atomic E-state index is -0.184. The molecule has 3 aromatic rings. The highest BCUT2D eigenvalue weighted by molar-refractivity contribution is 6.39. The smallest absolute Gasteiger partial charge is 0.212 e. The summed E-state index contributed by atoms with van der Waals surface area (Å²) in [7, 11) is 0. The van der Waals surface area contributed by atoms with Gasteiger partial charge in [0.2, 0.25) is 5.78 Å². The lowest BCUT2D eigenvalue weighted by Gasteiger charge is -2.06. The molecule has 0 saturated heterocycles. The Balaban J connectivity index is 2.24. The van der Waals surface area contributed by atoms with Crippen LogP contribution in [0.25, 0.3) is 10.9 Å². The summed E-state index contributed by atoms with van der Waals surface area (Å²) < 4.78 is 0. The standard InChI is InChI=1S/C15H8Cl2N2O/c16-9-7-11-10(4-6-19-14(11)12(17)8-9)15(20)13-3-1-2-5-18-13/h1-8H. The van der Waals surface area contributed by atoms with Crippen molar-refractivity contribution in [3.8, 4) is 0 Å². The molecule has 1 aromatic carbocycles. The van der Waals surface area contributed by atoms with E-state index in [1.807, 2.05) is 0 Å². The van der Waals surface area contributed by atoms with Crippen molar-refractivity contribution in [2.24, 2.45) is 0 Å². The number of carbonyl (C=O) groups excluding carboxylic acids is 1. The monoisotopic (exact) mass is 302 g/mol. The molecule has 98 valence electrons. The second-order valence-corrected chi connectivity index (χ2v) is 5.03. The van der Waals surface area contributed by atoms with Gasteiger partial charge in [-0.2, -0.15) is 0 Å². The Morgan fingerprint density at radius 1 is 1.00 bits per heavy atom. The summed E-state index contributed by atoms with van der Waals surface area (Å²) in [5.74, 6) is -0.184. The minimum Gasteiger partial charge on any atom is -0.287 e. The average molecular weight is 303 g/mol. The first-order chi connectivity index (χ1) is 9.66. The topological polar surface area (TPSA) is 42.9 Å². The number of nitrogens with zero attached hydrogens (tertiary/aromatic N) is 2. The second kappa shape index (κ2) is 5.19. The van der Waals surface area contributed by atoms with Crippen molar-refractivity contribution in [3.63, 3.8) is 0 Å². The van der Waals surface area contributed by atoms with Gasteiger partial charge < -0.3 is 0 Å². The molecular formula is C15H8Cl2N2O. The molecule has 0 radical (unpaired) electrons. The predicted octanol–water partition coefficient (Wildman–Crippen LogP) is 4.17. The first-order valence-corrected chi connectivity index (χ1v) is 6.62. The Morgan fingerprint density at radius 2 is 1.85 bits per heavy atom. The van der Waals surface area contributed by atoms with Crippen LogP contribution in [0, 0.1) is 0 Å². The van der Waals surface area contributed by atoms with Crippen LogP contribution in [0.2, 0.25) is 10.0 Å². The van der Waals surface area contributed by atoms with Crippen LogP contribution >= 0.6 is 23.2 Å². The van der Waals surface area contributed by atoms with Gasteiger partial charge in [0, 0.05) is 28.4 Å². The van der Waals surface area contributed by atoms with Gasteiger partial charge in [-0.3, -0.25) is 14.8 Å². The largest absolute Gasteiger partial charge is 0.287 e. The fourth-order valence-corrected chi connectivity index (χ4v) is 2.55. The number of benzene rings is 1. The Kier molecular flexibility index (Phi) is 3.38. The van der Waals surface area contributed by atoms with E-state index in [0.717, 1.165) is 0 Å². The van der Waals surface area contributed by atoms with Crippen molar-refractivity contribution in [3.05, 3.63) is 70.1 Å². The highest BCUT2D eigenvalue weighted by Crippen LogP contribution is 2.29. The maximum absolute atomic E-state index is 12.5. The van der Waals surface area contributed by atoms with Gasteiger partial charge in [0.25, 0.3) is 0 Å². The molecule has 2 aromatic heterocycles. The number of halogens is 2. The zero-order chi connectivity index (χ0) is 14.1.